The summed E-state index contributed by atoms with van der Waals surface area (Å²) in [6.07, 6.45) is 1.67. The Bertz CT molecular complexity index is 1450. The summed E-state index contributed by atoms with van der Waals surface area (Å²) in [5, 5.41) is 6.40. The molecule has 5 nitrogen and oxygen atoms in total. The summed E-state index contributed by atoms with van der Waals surface area (Å²) >= 11 is 1.44. The Morgan fingerprint density at radius 2 is 1.56 bits per heavy atom. The van der Waals surface area contributed by atoms with E-state index in [-0.39, 0.29) is 5.91 Å². The number of carbonyl (C=O) groups is 1. The van der Waals surface area contributed by atoms with Crippen molar-refractivity contribution in [2.45, 2.75) is 6.92 Å². The molecular formula is C28H21N3O2S. The fraction of sp³-hybridized carbons (Fsp3) is 0.0357. The van der Waals surface area contributed by atoms with Gasteiger partial charge in [-0.15, -0.1) is 0 Å². The number of hydrogen-bond acceptors (Lipinski definition) is 5. The minimum atomic E-state index is -0.269. The normalized spacial score (nSPS) is 11.1. The predicted octanol–water partition coefficient (Wildman–Crippen LogP) is 7.08. The minimum absolute atomic E-state index is 0.269. The number of para-hydroxylation sites is 1. The molecule has 1 amide bonds. The molecule has 0 aliphatic carbocycles. The van der Waals surface area contributed by atoms with Gasteiger partial charge in [0.15, 0.2) is 0 Å². The number of ether oxygens (including phenoxy) is 1. The topological polar surface area (TPSA) is 54.8 Å². The van der Waals surface area contributed by atoms with Crippen LogP contribution in [0.5, 0.6) is 11.5 Å². The number of nitrogens with zero attached hydrogens (tertiary/aromatic N) is 3. The van der Waals surface area contributed by atoms with Gasteiger partial charge in [-0.05, 0) is 66.6 Å². The zero-order chi connectivity index (χ0) is 23.3. The van der Waals surface area contributed by atoms with Crippen molar-refractivity contribution in [3.05, 3.63) is 120 Å². The Morgan fingerprint density at radius 1 is 0.882 bits per heavy atom. The molecule has 0 aliphatic heterocycles. The first-order chi connectivity index (χ1) is 16.7. The van der Waals surface area contributed by atoms with Gasteiger partial charge < -0.3 is 4.74 Å². The number of hydrogen-bond donors (Lipinski definition) is 0. The number of amides is 1. The van der Waals surface area contributed by atoms with Crippen LogP contribution in [0, 0.1) is 6.92 Å². The summed E-state index contributed by atoms with van der Waals surface area (Å²) in [7, 11) is 0. The van der Waals surface area contributed by atoms with E-state index in [1.807, 2.05) is 79.7 Å². The minimum Gasteiger partial charge on any atom is -0.457 e. The summed E-state index contributed by atoms with van der Waals surface area (Å²) < 4.78 is 6.86. The average Bonchev–Trinajstić information content (AvgIpc) is 3.28. The molecule has 0 saturated heterocycles. The first-order valence-corrected chi connectivity index (χ1v) is 11.6. The number of thiazole rings is 1. The zero-order valence-electron chi connectivity index (χ0n) is 18.5. The van der Waals surface area contributed by atoms with Gasteiger partial charge >= 0.3 is 0 Å². The van der Waals surface area contributed by atoms with E-state index in [2.05, 4.69) is 16.2 Å². The van der Waals surface area contributed by atoms with E-state index in [0.717, 1.165) is 27.1 Å². The number of hydrazone groups is 1. The largest absolute Gasteiger partial charge is 0.457 e. The molecule has 0 N–H and O–H groups in total. The van der Waals surface area contributed by atoms with E-state index in [1.165, 1.54) is 16.3 Å². The van der Waals surface area contributed by atoms with Gasteiger partial charge in [-0.2, -0.15) is 10.1 Å². The second-order valence-electron chi connectivity index (χ2n) is 7.68. The fourth-order valence-corrected chi connectivity index (χ4v) is 4.40. The van der Waals surface area contributed by atoms with Crippen molar-refractivity contribution in [3.8, 4) is 11.5 Å². The third kappa shape index (κ3) is 4.87. The van der Waals surface area contributed by atoms with Crippen LogP contribution >= 0.6 is 11.3 Å². The van der Waals surface area contributed by atoms with Gasteiger partial charge in [0.1, 0.15) is 11.5 Å². The first kappa shape index (κ1) is 21.6. The third-order valence-electron chi connectivity index (χ3n) is 5.11. The number of rotatable bonds is 6. The fourth-order valence-electron chi connectivity index (χ4n) is 3.37. The molecule has 5 rings (SSSR count). The van der Waals surface area contributed by atoms with E-state index in [4.69, 9.17) is 4.74 Å². The number of aryl methyl sites for hydroxylation is 1. The van der Waals surface area contributed by atoms with Crippen LogP contribution in [0.4, 0.5) is 5.13 Å². The Labute approximate surface area is 201 Å². The lowest BCUT2D eigenvalue weighted by molar-refractivity contribution is 0.0988. The van der Waals surface area contributed by atoms with Crippen LogP contribution in [0.3, 0.4) is 0 Å². The molecular weight excluding hydrogens is 442 g/mol. The van der Waals surface area contributed by atoms with Crippen molar-refractivity contribution < 1.29 is 9.53 Å². The summed E-state index contributed by atoms with van der Waals surface area (Å²) in [5.41, 5.74) is 3.36. The van der Waals surface area contributed by atoms with Crippen molar-refractivity contribution in [2.24, 2.45) is 5.10 Å². The molecule has 4 aromatic carbocycles. The molecule has 0 unspecified atom stereocenters. The second-order valence-corrected chi connectivity index (χ2v) is 8.69. The van der Waals surface area contributed by atoms with Crippen molar-refractivity contribution in [2.75, 3.05) is 5.01 Å². The SMILES string of the molecule is Cc1ccc2nc(N(/N=C/c3ccccc3)C(=O)c3ccc(Oc4ccccc4)cc3)sc2c1. The van der Waals surface area contributed by atoms with E-state index >= 15 is 0 Å². The number of carbonyl (C=O) groups excluding carboxylic acids is 1. The van der Waals surface area contributed by atoms with E-state index < -0.39 is 0 Å². The van der Waals surface area contributed by atoms with Crippen LogP contribution in [0.1, 0.15) is 21.5 Å². The summed E-state index contributed by atoms with van der Waals surface area (Å²) in [4.78, 5) is 18.2. The molecule has 0 aliphatic rings. The molecule has 0 atom stereocenters. The Morgan fingerprint density at radius 3 is 2.29 bits per heavy atom. The molecule has 5 aromatic rings. The van der Waals surface area contributed by atoms with Crippen molar-refractivity contribution >= 4 is 38.8 Å². The van der Waals surface area contributed by atoms with Gasteiger partial charge in [0.2, 0.25) is 5.13 Å². The lowest BCUT2D eigenvalue weighted by Gasteiger charge is -2.14. The van der Waals surface area contributed by atoms with Crippen molar-refractivity contribution in [1.29, 1.82) is 0 Å². The Hall–Kier alpha value is -4.29. The molecule has 1 aromatic heterocycles. The molecule has 0 radical (unpaired) electrons. The highest BCUT2D eigenvalue weighted by Gasteiger charge is 2.21. The van der Waals surface area contributed by atoms with Gasteiger partial charge in [-0.25, -0.2) is 4.98 Å². The van der Waals surface area contributed by atoms with Gasteiger partial charge in [0, 0.05) is 5.56 Å². The highest BCUT2D eigenvalue weighted by atomic mass is 32.1. The maximum atomic E-state index is 13.5. The summed E-state index contributed by atoms with van der Waals surface area (Å²) in [6.45, 7) is 2.04. The number of aromatic nitrogens is 1. The first-order valence-electron chi connectivity index (χ1n) is 10.8. The lowest BCUT2D eigenvalue weighted by Crippen LogP contribution is -2.25. The second kappa shape index (κ2) is 9.68. The summed E-state index contributed by atoms with van der Waals surface area (Å²) in [6, 6.07) is 32.3. The molecule has 0 spiro atoms. The van der Waals surface area contributed by atoms with E-state index in [0.29, 0.717) is 16.4 Å². The molecule has 0 bridgehead atoms. The number of anilines is 1. The molecule has 166 valence electrons. The van der Waals surface area contributed by atoms with E-state index in [9.17, 15) is 4.79 Å². The maximum Gasteiger partial charge on any atom is 0.280 e. The molecule has 0 saturated carbocycles. The van der Waals surface area contributed by atoms with Gasteiger partial charge in [0.25, 0.3) is 5.91 Å². The van der Waals surface area contributed by atoms with Gasteiger partial charge in [0.05, 0.1) is 16.4 Å². The van der Waals surface area contributed by atoms with Crippen LogP contribution in [-0.4, -0.2) is 17.1 Å². The van der Waals surface area contributed by atoms with Crippen LogP contribution in [0.2, 0.25) is 0 Å². The molecule has 1 heterocycles. The number of fused-ring (bicyclic) bond motifs is 1. The quantitative estimate of drug-likeness (QED) is 0.200. The van der Waals surface area contributed by atoms with Crippen LogP contribution < -0.4 is 9.75 Å². The van der Waals surface area contributed by atoms with Gasteiger partial charge in [-0.1, -0.05) is 65.9 Å². The third-order valence-corrected chi connectivity index (χ3v) is 6.10. The van der Waals surface area contributed by atoms with E-state index in [1.54, 1.807) is 30.5 Å². The predicted molar refractivity (Wildman–Crippen MR) is 138 cm³/mol. The Balaban J connectivity index is 1.46. The standard InChI is InChI=1S/C28H21N3O2S/c1-20-12-17-25-26(18-20)34-28(30-25)31(29-19-21-8-4-2-5-9-21)27(32)22-13-15-24(16-14-22)33-23-10-6-3-7-11-23/h2-19H,1H3/b29-19+. The molecule has 34 heavy (non-hydrogen) atoms. The van der Waals surface area contributed by atoms with Crippen LogP contribution in [-0.2, 0) is 0 Å². The van der Waals surface area contributed by atoms with Crippen LogP contribution in [0.15, 0.2) is 108 Å². The number of benzene rings is 4. The molecule has 6 heteroatoms. The van der Waals surface area contributed by atoms with Crippen molar-refractivity contribution in [1.82, 2.24) is 4.98 Å². The van der Waals surface area contributed by atoms with Crippen molar-refractivity contribution in [3.63, 3.8) is 0 Å². The Kier molecular flexibility index (Phi) is 6.14. The van der Waals surface area contributed by atoms with Crippen LogP contribution in [0.25, 0.3) is 10.2 Å². The van der Waals surface area contributed by atoms with Gasteiger partial charge in [-0.3, -0.25) is 4.79 Å². The maximum absolute atomic E-state index is 13.5. The average molecular weight is 464 g/mol. The highest BCUT2D eigenvalue weighted by Crippen LogP contribution is 2.31. The molecule has 0 fully saturated rings. The summed E-state index contributed by atoms with van der Waals surface area (Å²) in [5.74, 6) is 1.12. The highest BCUT2D eigenvalue weighted by molar-refractivity contribution is 7.22. The smallest absolute Gasteiger partial charge is 0.280 e. The zero-order valence-corrected chi connectivity index (χ0v) is 19.3. The monoisotopic (exact) mass is 463 g/mol. The lowest BCUT2D eigenvalue weighted by atomic mass is 10.2.